The molecule has 1 aromatic rings. The molecule has 0 radical (unpaired) electrons. The highest BCUT2D eigenvalue weighted by molar-refractivity contribution is 8.69. The lowest BCUT2D eigenvalue weighted by molar-refractivity contribution is 0.0600. The molecule has 1 aromatic carbocycles. The Morgan fingerprint density at radius 2 is 2.18 bits per heavy atom. The topological polar surface area (TPSA) is 80.7 Å². The van der Waals surface area contributed by atoms with Gasteiger partial charge in [0.25, 0.3) is 0 Å². The van der Waals surface area contributed by atoms with Crippen molar-refractivity contribution < 1.29 is 22.5 Å². The van der Waals surface area contributed by atoms with Crippen LogP contribution in [0, 0.1) is 0 Å². The number of rotatable bonds is 4. The van der Waals surface area contributed by atoms with E-state index >= 15 is 0 Å². The number of hydrogen-bond acceptors (Lipinski definition) is 5. The minimum Gasteiger partial charge on any atom is -0.465 e. The van der Waals surface area contributed by atoms with E-state index in [1.165, 1.54) is 25.3 Å². The van der Waals surface area contributed by atoms with Gasteiger partial charge in [-0.15, -0.1) is 0 Å². The molecule has 17 heavy (non-hydrogen) atoms. The molecule has 0 aliphatic heterocycles. The molecule has 8 heteroatoms. The lowest BCUT2D eigenvalue weighted by Gasteiger charge is -2.04. The predicted octanol–water partition coefficient (Wildman–Crippen LogP) is 2.16. The first-order valence-electron chi connectivity index (χ1n) is 4.32. The second-order valence-electron chi connectivity index (χ2n) is 2.99. The normalized spacial score (nSPS) is 11.2. The Morgan fingerprint density at radius 1 is 1.53 bits per heavy atom. The van der Waals surface area contributed by atoms with E-state index in [1.807, 2.05) is 0 Å². The first kappa shape index (κ1) is 14.3. The Kier molecular flexibility index (Phi) is 4.81. The first-order chi connectivity index (χ1) is 7.83. The number of ether oxygens (including phenoxy) is 1. The van der Waals surface area contributed by atoms with E-state index in [4.69, 9.17) is 16.2 Å². The predicted molar refractivity (Wildman–Crippen MR) is 65.6 cm³/mol. The largest absolute Gasteiger partial charge is 0.465 e. The van der Waals surface area contributed by atoms with Crippen LogP contribution in [-0.2, 0) is 19.6 Å². The minimum atomic E-state index is -4.10. The molecule has 0 saturated heterocycles. The average molecular weight is 297 g/mol. The Morgan fingerprint density at radius 3 is 2.65 bits per heavy atom. The van der Waals surface area contributed by atoms with E-state index in [0.717, 1.165) is 0 Å². The quantitative estimate of drug-likeness (QED) is 0.521. The van der Waals surface area contributed by atoms with Gasteiger partial charge in [-0.1, -0.05) is 17.7 Å². The third-order valence-corrected chi connectivity index (χ3v) is 4.16. The average Bonchev–Trinajstić information content (AvgIpc) is 2.25. The zero-order chi connectivity index (χ0) is 13.1. The monoisotopic (exact) mass is 296 g/mol. The Balaban J connectivity index is 2.87. The van der Waals surface area contributed by atoms with Gasteiger partial charge in [0.15, 0.2) is 0 Å². The molecule has 0 fully saturated rings. The molecule has 0 saturated carbocycles. The van der Waals surface area contributed by atoms with Crippen LogP contribution in [0.1, 0.15) is 15.9 Å². The molecule has 0 bridgehead atoms. The lowest BCUT2D eigenvalue weighted by Crippen LogP contribution is -2.01. The van der Waals surface area contributed by atoms with Crippen molar-refractivity contribution in [1.29, 1.82) is 0 Å². The standard InChI is InChI=1S/C9H9ClO5S2/c1-15-9(11)6-2-3-7(8(10)4-6)5-16-17(12,13)14/h2-4H,5H2,1H3,(H,12,13,14). The molecule has 0 aliphatic rings. The summed E-state index contributed by atoms with van der Waals surface area (Å²) in [5, 5.41) is 0.240. The third kappa shape index (κ3) is 4.55. The summed E-state index contributed by atoms with van der Waals surface area (Å²) < 4.78 is 34.2. The summed E-state index contributed by atoms with van der Waals surface area (Å²) in [6, 6.07) is 4.36. The molecule has 5 nitrogen and oxygen atoms in total. The number of halogens is 1. The van der Waals surface area contributed by atoms with Crippen LogP contribution in [0.2, 0.25) is 5.02 Å². The highest BCUT2D eigenvalue weighted by atomic mass is 35.5. The van der Waals surface area contributed by atoms with Crippen LogP contribution in [0.4, 0.5) is 0 Å². The fourth-order valence-electron chi connectivity index (χ4n) is 1.05. The van der Waals surface area contributed by atoms with Crippen LogP contribution in [-0.4, -0.2) is 26.0 Å². The number of methoxy groups -OCH3 is 1. The lowest BCUT2D eigenvalue weighted by atomic mass is 10.1. The SMILES string of the molecule is COC(=O)c1ccc(CSS(=O)(=O)O)c(Cl)c1. The van der Waals surface area contributed by atoms with Gasteiger partial charge in [0, 0.05) is 21.6 Å². The molecule has 94 valence electrons. The molecular formula is C9H9ClO5S2. The van der Waals surface area contributed by atoms with Gasteiger partial charge in [-0.3, -0.25) is 4.55 Å². The van der Waals surface area contributed by atoms with Gasteiger partial charge < -0.3 is 4.74 Å². The van der Waals surface area contributed by atoms with Crippen molar-refractivity contribution >= 4 is 37.5 Å². The highest BCUT2D eigenvalue weighted by Gasteiger charge is 2.11. The maximum absolute atomic E-state index is 11.2. The molecule has 0 spiro atoms. The van der Waals surface area contributed by atoms with Gasteiger partial charge >= 0.3 is 15.1 Å². The van der Waals surface area contributed by atoms with E-state index in [-0.39, 0.29) is 16.3 Å². The van der Waals surface area contributed by atoms with Crippen LogP contribution in [0.25, 0.3) is 0 Å². The van der Waals surface area contributed by atoms with Gasteiger partial charge in [0.2, 0.25) is 0 Å². The van der Waals surface area contributed by atoms with Crippen molar-refractivity contribution in [2.75, 3.05) is 7.11 Å². The summed E-state index contributed by atoms with van der Waals surface area (Å²) in [7, 11) is -2.51. The molecule has 1 rings (SSSR count). The van der Waals surface area contributed by atoms with Crippen molar-refractivity contribution in [1.82, 2.24) is 0 Å². The summed E-state index contributed by atoms with van der Waals surface area (Å²) >= 11 is 5.86. The van der Waals surface area contributed by atoms with Crippen LogP contribution in [0.15, 0.2) is 18.2 Å². The van der Waals surface area contributed by atoms with E-state index in [1.54, 1.807) is 0 Å². The van der Waals surface area contributed by atoms with E-state index < -0.39 is 15.1 Å². The van der Waals surface area contributed by atoms with Crippen LogP contribution in [0.5, 0.6) is 0 Å². The van der Waals surface area contributed by atoms with Gasteiger partial charge in [-0.2, -0.15) is 8.42 Å². The summed E-state index contributed by atoms with van der Waals surface area (Å²) in [4.78, 5) is 11.2. The van der Waals surface area contributed by atoms with E-state index in [2.05, 4.69) is 4.74 Å². The van der Waals surface area contributed by atoms with Crippen molar-refractivity contribution in [3.8, 4) is 0 Å². The van der Waals surface area contributed by atoms with E-state index in [0.29, 0.717) is 16.4 Å². The maximum Gasteiger partial charge on any atom is 0.337 e. The van der Waals surface area contributed by atoms with Gasteiger partial charge in [0.05, 0.1) is 12.7 Å². The second kappa shape index (κ2) is 5.72. The molecule has 1 N–H and O–H groups in total. The Hall–Kier alpha value is -0.760. The molecule has 0 heterocycles. The fraction of sp³-hybridized carbons (Fsp3) is 0.222. The van der Waals surface area contributed by atoms with E-state index in [9.17, 15) is 13.2 Å². The number of esters is 1. The fourth-order valence-corrected chi connectivity index (χ4v) is 2.73. The van der Waals surface area contributed by atoms with Crippen molar-refractivity contribution in [3.63, 3.8) is 0 Å². The second-order valence-corrected chi connectivity index (χ2v) is 6.75. The zero-order valence-electron chi connectivity index (χ0n) is 8.71. The minimum absolute atomic E-state index is 0.000874. The number of hydrogen-bond donors (Lipinski definition) is 1. The van der Waals surface area contributed by atoms with Crippen LogP contribution in [0.3, 0.4) is 0 Å². The first-order valence-corrected chi connectivity index (χ1v) is 7.64. The molecule has 0 unspecified atom stereocenters. The summed E-state index contributed by atoms with van der Waals surface area (Å²) in [5.41, 5.74) is 0.778. The molecule has 0 aliphatic carbocycles. The van der Waals surface area contributed by atoms with Crippen molar-refractivity contribution in [2.45, 2.75) is 5.75 Å². The van der Waals surface area contributed by atoms with Crippen LogP contribution < -0.4 is 0 Å². The molecular weight excluding hydrogens is 288 g/mol. The third-order valence-electron chi connectivity index (χ3n) is 1.84. The smallest absolute Gasteiger partial charge is 0.337 e. The number of benzene rings is 1. The number of carbonyl (C=O) groups is 1. The van der Waals surface area contributed by atoms with Gasteiger partial charge in [-0.25, -0.2) is 4.79 Å². The zero-order valence-corrected chi connectivity index (χ0v) is 11.1. The van der Waals surface area contributed by atoms with Crippen molar-refractivity contribution in [3.05, 3.63) is 34.3 Å². The Bertz CT molecular complexity index is 526. The Labute approximate surface area is 107 Å². The number of carbonyl (C=O) groups excluding carboxylic acids is 1. The summed E-state index contributed by atoms with van der Waals surface area (Å²) in [6.07, 6.45) is 0. The maximum atomic E-state index is 11.2. The van der Waals surface area contributed by atoms with Crippen LogP contribution >= 0.6 is 22.4 Å². The van der Waals surface area contributed by atoms with Gasteiger partial charge in [0.1, 0.15) is 0 Å². The molecule has 0 amide bonds. The van der Waals surface area contributed by atoms with Crippen molar-refractivity contribution in [2.24, 2.45) is 0 Å². The van der Waals surface area contributed by atoms with Gasteiger partial charge in [-0.05, 0) is 17.7 Å². The highest BCUT2D eigenvalue weighted by Crippen LogP contribution is 2.25. The molecule has 0 aromatic heterocycles. The summed E-state index contributed by atoms with van der Waals surface area (Å²) in [6.45, 7) is 0. The summed E-state index contributed by atoms with van der Waals surface area (Å²) in [5.74, 6) is -0.528. The molecule has 0 atom stereocenters.